The smallest absolute Gasteiger partial charge is 0.408 e. The average Bonchev–Trinajstić information content (AvgIpc) is 3.50. The van der Waals surface area contributed by atoms with Crippen molar-refractivity contribution in [2.45, 2.75) is 64.1 Å². The Morgan fingerprint density at radius 2 is 1.91 bits per heavy atom. The predicted molar refractivity (Wildman–Crippen MR) is 117 cm³/mol. The largest absolute Gasteiger partial charge is 0.445 e. The van der Waals surface area contributed by atoms with Crippen molar-refractivity contribution in [3.63, 3.8) is 0 Å². The first kappa shape index (κ1) is 23.6. The highest BCUT2D eigenvalue weighted by Crippen LogP contribution is 2.48. The molecular weight excluding hydrogens is 412 g/mol. The number of rotatable bonds is 10. The summed E-state index contributed by atoms with van der Waals surface area (Å²) in [6.45, 7) is 2.74. The Kier molecular flexibility index (Phi) is 7.71. The van der Waals surface area contributed by atoms with E-state index < -0.39 is 30.0 Å². The van der Waals surface area contributed by atoms with Crippen molar-refractivity contribution in [3.8, 4) is 0 Å². The van der Waals surface area contributed by atoms with Gasteiger partial charge in [-0.25, -0.2) is 4.79 Å². The van der Waals surface area contributed by atoms with Gasteiger partial charge in [0, 0.05) is 12.5 Å². The SMILES string of the molecule is CC1(CC(NC(=O)OCc2ccccc2)C(=O)N[C@@H](C[C@@H]2CCCNC2=O)C(N)=O)CC1. The third kappa shape index (κ3) is 6.96. The van der Waals surface area contributed by atoms with Gasteiger partial charge in [-0.05, 0) is 49.5 Å². The fourth-order valence-corrected chi connectivity index (χ4v) is 3.89. The molecule has 1 unspecified atom stereocenters. The average molecular weight is 445 g/mol. The summed E-state index contributed by atoms with van der Waals surface area (Å²) in [5.41, 5.74) is 6.29. The highest BCUT2D eigenvalue weighted by molar-refractivity contribution is 5.91. The van der Waals surface area contributed by atoms with E-state index in [-0.39, 0.29) is 30.3 Å². The number of nitrogens with two attached hydrogens (primary N) is 1. The molecule has 0 bridgehead atoms. The highest BCUT2D eigenvalue weighted by Gasteiger charge is 2.42. The number of carbonyl (C=O) groups excluding carboxylic acids is 4. The quantitative estimate of drug-likeness (QED) is 0.431. The van der Waals surface area contributed by atoms with Crippen molar-refractivity contribution >= 4 is 23.8 Å². The van der Waals surface area contributed by atoms with Gasteiger partial charge in [0.15, 0.2) is 0 Å². The lowest BCUT2D eigenvalue weighted by Gasteiger charge is -2.27. The summed E-state index contributed by atoms with van der Waals surface area (Å²) in [6, 6.07) is 7.37. The zero-order valence-electron chi connectivity index (χ0n) is 18.4. The lowest BCUT2D eigenvalue weighted by molar-refractivity contribution is -0.131. The Hall–Kier alpha value is -3.10. The zero-order valence-corrected chi connectivity index (χ0v) is 18.4. The Balaban J connectivity index is 1.60. The van der Waals surface area contributed by atoms with Crippen LogP contribution >= 0.6 is 0 Å². The molecule has 1 saturated heterocycles. The monoisotopic (exact) mass is 444 g/mol. The number of hydrogen-bond donors (Lipinski definition) is 4. The minimum Gasteiger partial charge on any atom is -0.445 e. The normalized spacial score (nSPS) is 20.9. The molecule has 174 valence electrons. The maximum Gasteiger partial charge on any atom is 0.408 e. The standard InChI is InChI=1S/C23H32N4O5/c1-23(9-10-23)13-18(27-22(31)32-14-15-6-3-2-4-7-15)21(30)26-17(19(24)28)12-16-8-5-11-25-20(16)29/h2-4,6-7,16-18H,5,8-14H2,1H3,(H2,24,28)(H,25,29)(H,26,30)(H,27,31)/t16-,17-,18?/m0/s1. The van der Waals surface area contributed by atoms with E-state index in [0.717, 1.165) is 24.8 Å². The van der Waals surface area contributed by atoms with Crippen molar-refractivity contribution in [2.75, 3.05) is 6.54 Å². The molecule has 1 heterocycles. The minimum absolute atomic E-state index is 0.0415. The van der Waals surface area contributed by atoms with Gasteiger partial charge in [-0.15, -0.1) is 0 Å². The third-order valence-corrected chi connectivity index (χ3v) is 6.20. The van der Waals surface area contributed by atoms with Crippen LogP contribution in [0.25, 0.3) is 0 Å². The van der Waals surface area contributed by atoms with Gasteiger partial charge in [-0.1, -0.05) is 37.3 Å². The van der Waals surface area contributed by atoms with E-state index in [9.17, 15) is 19.2 Å². The Morgan fingerprint density at radius 1 is 1.19 bits per heavy atom. The van der Waals surface area contributed by atoms with Crippen LogP contribution in [0.4, 0.5) is 4.79 Å². The fraction of sp³-hybridized carbons (Fsp3) is 0.565. The summed E-state index contributed by atoms with van der Waals surface area (Å²) in [7, 11) is 0. The molecule has 5 N–H and O–H groups in total. The molecule has 2 aliphatic rings. The number of piperidine rings is 1. The van der Waals surface area contributed by atoms with Crippen molar-refractivity contribution in [2.24, 2.45) is 17.1 Å². The molecule has 0 spiro atoms. The lowest BCUT2D eigenvalue weighted by Crippen LogP contribution is -2.54. The first-order chi connectivity index (χ1) is 15.3. The number of nitrogens with one attached hydrogen (secondary N) is 3. The van der Waals surface area contributed by atoms with Gasteiger partial charge < -0.3 is 26.4 Å². The van der Waals surface area contributed by atoms with E-state index in [2.05, 4.69) is 16.0 Å². The topological polar surface area (TPSA) is 140 Å². The van der Waals surface area contributed by atoms with Gasteiger partial charge >= 0.3 is 6.09 Å². The van der Waals surface area contributed by atoms with Gasteiger partial charge in [0.1, 0.15) is 18.7 Å². The molecule has 32 heavy (non-hydrogen) atoms. The number of amides is 4. The molecule has 1 aliphatic heterocycles. The lowest BCUT2D eigenvalue weighted by atomic mass is 9.91. The van der Waals surface area contributed by atoms with Crippen LogP contribution in [-0.2, 0) is 25.7 Å². The molecule has 0 radical (unpaired) electrons. The summed E-state index contributed by atoms with van der Waals surface area (Å²) < 4.78 is 5.26. The van der Waals surface area contributed by atoms with Crippen molar-refractivity contribution in [3.05, 3.63) is 35.9 Å². The molecule has 3 atom stereocenters. The van der Waals surface area contributed by atoms with Crippen LogP contribution in [0.5, 0.6) is 0 Å². The van der Waals surface area contributed by atoms with E-state index in [0.29, 0.717) is 19.4 Å². The molecule has 0 aromatic heterocycles. The van der Waals surface area contributed by atoms with Crippen LogP contribution in [0.3, 0.4) is 0 Å². The second-order valence-corrected chi connectivity index (χ2v) is 9.10. The molecule has 1 aromatic rings. The molecule has 3 rings (SSSR count). The van der Waals surface area contributed by atoms with E-state index in [1.807, 2.05) is 37.3 Å². The van der Waals surface area contributed by atoms with Crippen LogP contribution in [0, 0.1) is 11.3 Å². The number of hydrogen-bond acceptors (Lipinski definition) is 5. The number of primary amides is 1. The fourth-order valence-electron chi connectivity index (χ4n) is 3.89. The molecule has 4 amide bonds. The molecule has 9 nitrogen and oxygen atoms in total. The molecule has 1 aromatic carbocycles. The van der Waals surface area contributed by atoms with Gasteiger partial charge in [-0.3, -0.25) is 14.4 Å². The molecule has 1 saturated carbocycles. The number of alkyl carbamates (subject to hydrolysis) is 1. The predicted octanol–water partition coefficient (Wildman–Crippen LogP) is 1.36. The Morgan fingerprint density at radius 3 is 2.53 bits per heavy atom. The van der Waals surface area contributed by atoms with Crippen molar-refractivity contribution < 1.29 is 23.9 Å². The molecule has 9 heteroatoms. The highest BCUT2D eigenvalue weighted by atomic mass is 16.5. The van der Waals surface area contributed by atoms with E-state index >= 15 is 0 Å². The summed E-state index contributed by atoms with van der Waals surface area (Å²) >= 11 is 0. The van der Waals surface area contributed by atoms with E-state index in [4.69, 9.17) is 10.5 Å². The van der Waals surface area contributed by atoms with Crippen LogP contribution in [0.1, 0.15) is 51.0 Å². The maximum atomic E-state index is 13.0. The maximum absolute atomic E-state index is 13.0. The number of ether oxygens (including phenoxy) is 1. The van der Waals surface area contributed by atoms with Crippen LogP contribution in [-0.4, -0.2) is 42.4 Å². The summed E-state index contributed by atoms with van der Waals surface area (Å²) in [5, 5.41) is 8.05. The minimum atomic E-state index is -0.993. The van der Waals surface area contributed by atoms with Crippen molar-refractivity contribution in [1.29, 1.82) is 0 Å². The number of benzene rings is 1. The first-order valence-electron chi connectivity index (χ1n) is 11.1. The van der Waals surface area contributed by atoms with Crippen molar-refractivity contribution in [1.82, 2.24) is 16.0 Å². The third-order valence-electron chi connectivity index (χ3n) is 6.20. The first-order valence-corrected chi connectivity index (χ1v) is 11.1. The van der Waals surface area contributed by atoms with Gasteiger partial charge in [0.2, 0.25) is 17.7 Å². The van der Waals surface area contributed by atoms with Gasteiger partial charge in [0.25, 0.3) is 0 Å². The molecular formula is C23H32N4O5. The number of carbonyl (C=O) groups is 4. The van der Waals surface area contributed by atoms with E-state index in [1.165, 1.54) is 0 Å². The van der Waals surface area contributed by atoms with Crippen LogP contribution in [0.15, 0.2) is 30.3 Å². The Bertz CT molecular complexity index is 840. The summed E-state index contributed by atoms with van der Waals surface area (Å²) in [5.74, 6) is -1.74. The van der Waals surface area contributed by atoms with Crippen LogP contribution in [0.2, 0.25) is 0 Å². The van der Waals surface area contributed by atoms with Gasteiger partial charge in [-0.2, -0.15) is 0 Å². The summed E-state index contributed by atoms with van der Waals surface area (Å²) in [6.07, 6.45) is 3.21. The van der Waals surface area contributed by atoms with Crippen LogP contribution < -0.4 is 21.7 Å². The Labute approximate surface area is 187 Å². The molecule has 1 aliphatic carbocycles. The second kappa shape index (κ2) is 10.5. The summed E-state index contributed by atoms with van der Waals surface area (Å²) in [4.78, 5) is 49.4. The second-order valence-electron chi connectivity index (χ2n) is 9.10. The molecule has 2 fully saturated rings. The van der Waals surface area contributed by atoms with Gasteiger partial charge in [0.05, 0.1) is 0 Å². The van der Waals surface area contributed by atoms with E-state index in [1.54, 1.807) is 0 Å². The zero-order chi connectivity index (χ0) is 23.1.